The number of Topliss-reactive ketones (excluding diaryl/α,β-unsaturated/α-hetero) is 1. The van der Waals surface area contributed by atoms with Crippen molar-refractivity contribution >= 4 is 16.9 Å². The second-order valence-corrected chi connectivity index (χ2v) is 7.49. The smallest absolute Gasteiger partial charge is 0.171 e. The summed E-state index contributed by atoms with van der Waals surface area (Å²) in [5.74, 6) is -0.623. The van der Waals surface area contributed by atoms with E-state index in [-0.39, 0.29) is 11.6 Å². The molecule has 2 aliphatic carbocycles. The van der Waals surface area contributed by atoms with E-state index in [0.717, 1.165) is 33.4 Å². The first kappa shape index (κ1) is 17.8. The highest BCUT2D eigenvalue weighted by Gasteiger charge is 2.39. The van der Waals surface area contributed by atoms with Gasteiger partial charge in [0.05, 0.1) is 13.0 Å². The van der Waals surface area contributed by atoms with Gasteiger partial charge in [-0.2, -0.15) is 0 Å². The van der Waals surface area contributed by atoms with Gasteiger partial charge >= 0.3 is 0 Å². The zero-order valence-corrected chi connectivity index (χ0v) is 15.8. The van der Waals surface area contributed by atoms with Crippen LogP contribution in [0.25, 0.3) is 11.1 Å². The van der Waals surface area contributed by atoms with Gasteiger partial charge in [-0.25, -0.2) is 8.78 Å². The van der Waals surface area contributed by atoms with E-state index in [0.29, 0.717) is 24.2 Å². The number of hydrogen-bond donors (Lipinski definition) is 0. The Morgan fingerprint density at radius 3 is 2.31 bits per heavy atom. The molecule has 1 atom stereocenters. The van der Waals surface area contributed by atoms with E-state index < -0.39 is 11.7 Å². The third-order valence-electron chi connectivity index (χ3n) is 5.91. The molecule has 0 N–H and O–H groups in total. The molecule has 0 amide bonds. The van der Waals surface area contributed by atoms with E-state index in [2.05, 4.69) is 0 Å². The van der Waals surface area contributed by atoms with E-state index in [1.54, 1.807) is 19.2 Å². The summed E-state index contributed by atoms with van der Waals surface area (Å²) >= 11 is 0. The van der Waals surface area contributed by atoms with Crippen molar-refractivity contribution in [1.29, 1.82) is 0 Å². The molecule has 4 heteroatoms. The number of para-hydroxylation sites is 1. The van der Waals surface area contributed by atoms with Gasteiger partial charge in [-0.05, 0) is 71.0 Å². The minimum absolute atomic E-state index is 0.112. The van der Waals surface area contributed by atoms with Crippen molar-refractivity contribution < 1.29 is 18.3 Å². The number of halogens is 2. The zero-order chi connectivity index (χ0) is 20.1. The molecular weight excluding hydrogens is 370 g/mol. The molecule has 2 nitrogen and oxygen atoms in total. The fourth-order valence-corrected chi connectivity index (χ4v) is 4.62. The Labute approximate surface area is 167 Å². The van der Waals surface area contributed by atoms with Crippen LogP contribution >= 0.6 is 0 Å². The van der Waals surface area contributed by atoms with Gasteiger partial charge in [0.1, 0.15) is 17.4 Å². The quantitative estimate of drug-likeness (QED) is 0.593. The number of allylic oxidation sites excluding steroid dienone is 2. The topological polar surface area (TPSA) is 26.3 Å². The first-order chi connectivity index (χ1) is 14.1. The van der Waals surface area contributed by atoms with Crippen LogP contribution in [0, 0.1) is 17.6 Å². The van der Waals surface area contributed by atoms with Crippen molar-refractivity contribution in [2.75, 3.05) is 7.11 Å². The normalized spacial score (nSPS) is 17.5. The molecule has 29 heavy (non-hydrogen) atoms. The Hall–Kier alpha value is -3.27. The SMILES string of the molecule is COc1ccccc1C1=C(C2Cc3ccc(F)cc3C2=O)c2cc(F)ccc2C1. The van der Waals surface area contributed by atoms with Gasteiger partial charge in [-0.15, -0.1) is 0 Å². The Balaban J connectivity index is 1.72. The molecule has 0 fully saturated rings. The van der Waals surface area contributed by atoms with Gasteiger partial charge in [-0.3, -0.25) is 4.79 Å². The molecule has 5 rings (SSSR count). The van der Waals surface area contributed by atoms with Crippen molar-refractivity contribution in [2.24, 2.45) is 5.92 Å². The molecule has 0 radical (unpaired) electrons. The fourth-order valence-electron chi connectivity index (χ4n) is 4.62. The number of methoxy groups -OCH3 is 1. The van der Waals surface area contributed by atoms with E-state index in [1.165, 1.54) is 24.3 Å². The average Bonchev–Trinajstić information content (AvgIpc) is 3.25. The van der Waals surface area contributed by atoms with Crippen LogP contribution in [0.3, 0.4) is 0 Å². The minimum Gasteiger partial charge on any atom is -0.496 e. The second-order valence-electron chi connectivity index (χ2n) is 7.49. The third-order valence-corrected chi connectivity index (χ3v) is 5.91. The van der Waals surface area contributed by atoms with Crippen molar-refractivity contribution in [1.82, 2.24) is 0 Å². The van der Waals surface area contributed by atoms with Crippen LogP contribution in [0.2, 0.25) is 0 Å². The minimum atomic E-state index is -0.463. The van der Waals surface area contributed by atoms with Crippen LogP contribution in [0.4, 0.5) is 8.78 Å². The number of carbonyl (C=O) groups is 1. The van der Waals surface area contributed by atoms with Crippen LogP contribution in [0.1, 0.15) is 32.6 Å². The Morgan fingerprint density at radius 2 is 1.55 bits per heavy atom. The molecule has 0 aliphatic heterocycles. The lowest BCUT2D eigenvalue weighted by atomic mass is 9.87. The number of benzene rings is 3. The number of ketones is 1. The number of hydrogen-bond acceptors (Lipinski definition) is 2. The highest BCUT2D eigenvalue weighted by molar-refractivity contribution is 6.14. The maximum atomic E-state index is 14.1. The summed E-state index contributed by atoms with van der Waals surface area (Å²) in [6.07, 6.45) is 1.08. The maximum Gasteiger partial charge on any atom is 0.171 e. The molecular formula is C25H18F2O2. The molecule has 3 aromatic carbocycles. The van der Waals surface area contributed by atoms with Gasteiger partial charge in [0.25, 0.3) is 0 Å². The number of rotatable bonds is 3. The molecule has 144 valence electrons. The molecule has 0 bridgehead atoms. The lowest BCUT2D eigenvalue weighted by molar-refractivity contribution is 0.0964. The summed E-state index contributed by atoms with van der Waals surface area (Å²) < 4.78 is 33.4. The van der Waals surface area contributed by atoms with Gasteiger partial charge in [-0.1, -0.05) is 30.3 Å². The molecule has 2 aliphatic rings. The monoisotopic (exact) mass is 388 g/mol. The highest BCUT2D eigenvalue weighted by atomic mass is 19.1. The standard InChI is InChI=1S/C25H18F2O2/c1-29-23-5-3-2-4-18(23)21-10-14-6-8-16(26)12-19(14)24(21)22-11-15-7-9-17(27)13-20(15)25(22)28/h2-9,12-13,22H,10-11H2,1H3. The molecule has 0 heterocycles. The number of carbonyl (C=O) groups excluding carboxylic acids is 1. The van der Waals surface area contributed by atoms with E-state index >= 15 is 0 Å². The van der Waals surface area contributed by atoms with E-state index in [1.807, 2.05) is 24.3 Å². The van der Waals surface area contributed by atoms with Crippen LogP contribution < -0.4 is 4.74 Å². The van der Waals surface area contributed by atoms with Crippen molar-refractivity contribution in [3.63, 3.8) is 0 Å². The fraction of sp³-hybridized carbons (Fsp3) is 0.160. The van der Waals surface area contributed by atoms with Gasteiger partial charge < -0.3 is 4.74 Å². The van der Waals surface area contributed by atoms with Gasteiger partial charge in [0.2, 0.25) is 0 Å². The Kier molecular flexibility index (Phi) is 4.09. The summed E-state index contributed by atoms with van der Waals surface area (Å²) in [6, 6.07) is 16.7. The van der Waals surface area contributed by atoms with E-state index in [4.69, 9.17) is 4.74 Å². The summed E-state index contributed by atoms with van der Waals surface area (Å²) in [5, 5.41) is 0. The largest absolute Gasteiger partial charge is 0.496 e. The molecule has 3 aromatic rings. The Bertz CT molecular complexity index is 1190. The van der Waals surface area contributed by atoms with E-state index in [9.17, 15) is 13.6 Å². The molecule has 1 unspecified atom stereocenters. The van der Waals surface area contributed by atoms with Crippen LogP contribution in [0.15, 0.2) is 60.7 Å². The maximum absolute atomic E-state index is 14.1. The summed E-state index contributed by atoms with van der Waals surface area (Å²) in [7, 11) is 1.61. The summed E-state index contributed by atoms with van der Waals surface area (Å²) in [6.45, 7) is 0. The zero-order valence-electron chi connectivity index (χ0n) is 15.8. The van der Waals surface area contributed by atoms with Crippen LogP contribution in [-0.2, 0) is 12.8 Å². The lowest BCUT2D eigenvalue weighted by Crippen LogP contribution is -2.12. The predicted octanol–water partition coefficient (Wildman–Crippen LogP) is 5.50. The summed E-state index contributed by atoms with van der Waals surface area (Å²) in [4.78, 5) is 13.2. The molecule has 0 aromatic heterocycles. The first-order valence-corrected chi connectivity index (χ1v) is 9.54. The molecule has 0 saturated carbocycles. The Morgan fingerprint density at radius 1 is 0.862 bits per heavy atom. The van der Waals surface area contributed by atoms with Crippen molar-refractivity contribution in [3.05, 3.63) is 100 Å². The van der Waals surface area contributed by atoms with Crippen LogP contribution in [0.5, 0.6) is 5.75 Å². The van der Waals surface area contributed by atoms with Gasteiger partial charge in [0, 0.05) is 11.1 Å². The first-order valence-electron chi connectivity index (χ1n) is 9.54. The predicted molar refractivity (Wildman–Crippen MR) is 108 cm³/mol. The van der Waals surface area contributed by atoms with Crippen LogP contribution in [-0.4, -0.2) is 12.9 Å². The average molecular weight is 388 g/mol. The molecule has 0 spiro atoms. The number of fused-ring (bicyclic) bond motifs is 2. The lowest BCUT2D eigenvalue weighted by Gasteiger charge is -2.17. The number of ether oxygens (including phenoxy) is 1. The molecule has 0 saturated heterocycles. The van der Waals surface area contributed by atoms with Gasteiger partial charge in [0.15, 0.2) is 5.78 Å². The second kappa shape index (κ2) is 6.66. The third kappa shape index (κ3) is 2.79. The van der Waals surface area contributed by atoms with Crippen molar-refractivity contribution in [3.8, 4) is 5.75 Å². The van der Waals surface area contributed by atoms with Crippen molar-refractivity contribution in [2.45, 2.75) is 12.8 Å². The highest BCUT2D eigenvalue weighted by Crippen LogP contribution is 2.48. The summed E-state index contributed by atoms with van der Waals surface area (Å²) in [5.41, 5.74) is 5.69.